The van der Waals surface area contributed by atoms with E-state index in [4.69, 9.17) is 21.2 Å². The number of anilines is 1. The summed E-state index contributed by atoms with van der Waals surface area (Å²) in [6.45, 7) is 3.90. The van der Waals surface area contributed by atoms with Crippen LogP contribution in [0.1, 0.15) is 48.3 Å². The molecule has 1 amide bonds. The predicted molar refractivity (Wildman–Crippen MR) is 83.7 cm³/mol. The largest absolute Gasteiger partial charge is 0.478 e. The zero-order valence-corrected chi connectivity index (χ0v) is 13.4. The molecule has 1 heterocycles. The number of carboxylic acid groups (broad SMARTS) is 1. The number of aryl methyl sites for hydroxylation is 1. The lowest BCUT2D eigenvalue weighted by Gasteiger charge is -2.06. The number of carbonyl (C=O) groups is 2. The van der Waals surface area contributed by atoms with Crippen LogP contribution in [0.2, 0.25) is 5.02 Å². The topological polar surface area (TPSA) is 105 Å². The summed E-state index contributed by atoms with van der Waals surface area (Å²) in [6.07, 6.45) is 0.491. The van der Waals surface area contributed by atoms with Gasteiger partial charge in [0.15, 0.2) is 5.82 Å². The van der Waals surface area contributed by atoms with E-state index in [2.05, 4.69) is 15.5 Å². The highest BCUT2D eigenvalue weighted by Crippen LogP contribution is 2.21. The zero-order chi connectivity index (χ0) is 17.0. The SMILES string of the molecule is CC(C)c1noc(CCC(=O)Nc2ccc(C(=O)O)c(Cl)c2)n1. The molecule has 7 nitrogen and oxygen atoms in total. The molecule has 122 valence electrons. The first-order chi connectivity index (χ1) is 10.9. The van der Waals surface area contributed by atoms with Crippen molar-refractivity contribution in [3.05, 3.63) is 40.5 Å². The number of aromatic carboxylic acids is 1. The van der Waals surface area contributed by atoms with Gasteiger partial charge in [-0.2, -0.15) is 4.98 Å². The summed E-state index contributed by atoms with van der Waals surface area (Å²) in [6, 6.07) is 4.22. The minimum absolute atomic E-state index is 0.0169. The van der Waals surface area contributed by atoms with Gasteiger partial charge in [-0.3, -0.25) is 4.79 Å². The van der Waals surface area contributed by atoms with E-state index in [-0.39, 0.29) is 28.8 Å². The molecule has 2 N–H and O–H groups in total. The summed E-state index contributed by atoms with van der Waals surface area (Å²) in [5.41, 5.74) is 0.412. The molecule has 1 aromatic carbocycles. The fourth-order valence-corrected chi connectivity index (χ4v) is 2.08. The van der Waals surface area contributed by atoms with E-state index >= 15 is 0 Å². The van der Waals surface area contributed by atoms with Crippen molar-refractivity contribution in [2.45, 2.75) is 32.6 Å². The molecule has 0 fully saturated rings. The Morgan fingerprint density at radius 1 is 1.39 bits per heavy atom. The predicted octanol–water partition coefficient (Wildman–Crippen LogP) is 3.12. The third-order valence-corrected chi connectivity index (χ3v) is 3.36. The van der Waals surface area contributed by atoms with Crippen LogP contribution in [-0.4, -0.2) is 27.1 Å². The third-order valence-electron chi connectivity index (χ3n) is 3.05. The molecule has 0 saturated carbocycles. The lowest BCUT2D eigenvalue weighted by Crippen LogP contribution is -2.12. The van der Waals surface area contributed by atoms with Crippen LogP contribution in [0.15, 0.2) is 22.7 Å². The number of nitrogens with one attached hydrogen (secondary N) is 1. The lowest BCUT2D eigenvalue weighted by molar-refractivity contribution is -0.116. The molecule has 0 aliphatic heterocycles. The molecular weight excluding hydrogens is 322 g/mol. The van der Waals surface area contributed by atoms with Gasteiger partial charge in [0.1, 0.15) is 0 Å². The number of aromatic nitrogens is 2. The Balaban J connectivity index is 1.91. The Hall–Kier alpha value is -2.41. The third kappa shape index (κ3) is 4.53. The van der Waals surface area contributed by atoms with Crippen LogP contribution in [-0.2, 0) is 11.2 Å². The molecule has 2 rings (SSSR count). The smallest absolute Gasteiger partial charge is 0.337 e. The van der Waals surface area contributed by atoms with E-state index in [0.717, 1.165) is 0 Å². The van der Waals surface area contributed by atoms with Gasteiger partial charge in [-0.25, -0.2) is 4.79 Å². The molecule has 2 aromatic rings. The highest BCUT2D eigenvalue weighted by atomic mass is 35.5. The number of amides is 1. The Kier molecular flexibility index (Phi) is 5.33. The van der Waals surface area contributed by atoms with Gasteiger partial charge in [0, 0.05) is 24.4 Å². The Morgan fingerprint density at radius 3 is 2.70 bits per heavy atom. The van der Waals surface area contributed by atoms with Crippen molar-refractivity contribution < 1.29 is 19.2 Å². The van der Waals surface area contributed by atoms with Crippen LogP contribution >= 0.6 is 11.6 Å². The van der Waals surface area contributed by atoms with E-state index in [0.29, 0.717) is 23.8 Å². The second kappa shape index (κ2) is 7.23. The first-order valence-electron chi connectivity index (χ1n) is 7.02. The Bertz CT molecular complexity index is 727. The van der Waals surface area contributed by atoms with Crippen molar-refractivity contribution in [3.8, 4) is 0 Å². The van der Waals surface area contributed by atoms with Gasteiger partial charge in [-0.1, -0.05) is 30.6 Å². The monoisotopic (exact) mass is 337 g/mol. The van der Waals surface area contributed by atoms with E-state index in [1.807, 2.05) is 13.8 Å². The van der Waals surface area contributed by atoms with Gasteiger partial charge in [-0.05, 0) is 18.2 Å². The van der Waals surface area contributed by atoms with Crippen molar-refractivity contribution in [2.75, 3.05) is 5.32 Å². The molecule has 8 heteroatoms. The van der Waals surface area contributed by atoms with Crippen LogP contribution in [0.25, 0.3) is 0 Å². The van der Waals surface area contributed by atoms with Crippen LogP contribution in [0.5, 0.6) is 0 Å². The van der Waals surface area contributed by atoms with Gasteiger partial charge in [0.25, 0.3) is 0 Å². The fourth-order valence-electron chi connectivity index (χ4n) is 1.81. The summed E-state index contributed by atoms with van der Waals surface area (Å²) in [5, 5.41) is 15.4. The number of carbonyl (C=O) groups excluding carboxylic acids is 1. The van der Waals surface area contributed by atoms with Gasteiger partial charge >= 0.3 is 5.97 Å². The van der Waals surface area contributed by atoms with E-state index < -0.39 is 5.97 Å². The minimum Gasteiger partial charge on any atom is -0.478 e. The Labute approximate surface area is 137 Å². The molecule has 0 atom stereocenters. The van der Waals surface area contributed by atoms with Gasteiger partial charge in [0.2, 0.25) is 11.8 Å². The Morgan fingerprint density at radius 2 is 2.13 bits per heavy atom. The van der Waals surface area contributed by atoms with Crippen LogP contribution in [0, 0.1) is 0 Å². The zero-order valence-electron chi connectivity index (χ0n) is 12.7. The van der Waals surface area contributed by atoms with Gasteiger partial charge < -0.3 is 14.9 Å². The number of nitrogens with zero attached hydrogens (tertiary/aromatic N) is 2. The first-order valence-corrected chi connectivity index (χ1v) is 7.39. The van der Waals surface area contributed by atoms with Crippen molar-refractivity contribution in [2.24, 2.45) is 0 Å². The number of carboxylic acids is 1. The summed E-state index contributed by atoms with van der Waals surface area (Å²) >= 11 is 5.85. The summed E-state index contributed by atoms with van der Waals surface area (Å²) in [5.74, 6) is -0.200. The van der Waals surface area contributed by atoms with E-state index in [1.54, 1.807) is 0 Å². The molecule has 0 bridgehead atoms. The van der Waals surface area contributed by atoms with Crippen LogP contribution in [0.4, 0.5) is 5.69 Å². The second-order valence-corrected chi connectivity index (χ2v) is 5.66. The van der Waals surface area contributed by atoms with Gasteiger partial charge in [-0.15, -0.1) is 0 Å². The van der Waals surface area contributed by atoms with Crippen LogP contribution < -0.4 is 5.32 Å². The maximum atomic E-state index is 11.9. The number of halogens is 1. The molecule has 0 unspecified atom stereocenters. The molecular formula is C15H16ClN3O4. The molecule has 0 spiro atoms. The standard InChI is InChI=1S/C15H16ClN3O4/c1-8(2)14-18-13(23-19-14)6-5-12(20)17-9-3-4-10(15(21)22)11(16)7-9/h3-4,7-8H,5-6H2,1-2H3,(H,17,20)(H,21,22). The van der Waals surface area contributed by atoms with E-state index in [9.17, 15) is 9.59 Å². The number of hydrogen-bond donors (Lipinski definition) is 2. The molecule has 0 aliphatic rings. The quantitative estimate of drug-likeness (QED) is 0.839. The molecule has 0 saturated heterocycles. The normalized spacial score (nSPS) is 10.8. The summed E-state index contributed by atoms with van der Waals surface area (Å²) in [4.78, 5) is 27.0. The molecule has 1 aromatic heterocycles. The van der Waals surface area contributed by atoms with Crippen molar-refractivity contribution in [1.82, 2.24) is 10.1 Å². The minimum atomic E-state index is -1.12. The van der Waals surface area contributed by atoms with Crippen molar-refractivity contribution in [1.29, 1.82) is 0 Å². The number of rotatable bonds is 6. The summed E-state index contributed by atoms with van der Waals surface area (Å²) in [7, 11) is 0. The first kappa shape index (κ1) is 17.0. The number of hydrogen-bond acceptors (Lipinski definition) is 5. The second-order valence-electron chi connectivity index (χ2n) is 5.25. The average molecular weight is 338 g/mol. The van der Waals surface area contributed by atoms with Crippen molar-refractivity contribution in [3.63, 3.8) is 0 Å². The van der Waals surface area contributed by atoms with Crippen molar-refractivity contribution >= 4 is 29.2 Å². The average Bonchev–Trinajstić information content (AvgIpc) is 2.94. The molecule has 0 radical (unpaired) electrons. The molecule has 23 heavy (non-hydrogen) atoms. The summed E-state index contributed by atoms with van der Waals surface area (Å²) < 4.78 is 5.06. The fraction of sp³-hybridized carbons (Fsp3) is 0.333. The maximum Gasteiger partial charge on any atom is 0.337 e. The highest BCUT2D eigenvalue weighted by molar-refractivity contribution is 6.33. The van der Waals surface area contributed by atoms with E-state index in [1.165, 1.54) is 18.2 Å². The molecule has 0 aliphatic carbocycles. The van der Waals surface area contributed by atoms with Crippen LogP contribution in [0.3, 0.4) is 0 Å². The lowest BCUT2D eigenvalue weighted by atomic mass is 10.2. The number of benzene rings is 1. The maximum absolute atomic E-state index is 11.9. The van der Waals surface area contributed by atoms with Gasteiger partial charge in [0.05, 0.1) is 10.6 Å². The highest BCUT2D eigenvalue weighted by Gasteiger charge is 2.13.